The van der Waals surface area contributed by atoms with E-state index in [1.807, 2.05) is 10.6 Å². The number of rotatable bonds is 42. The third-order valence-electron chi connectivity index (χ3n) is 17.3. The molecule has 0 saturated heterocycles. The summed E-state index contributed by atoms with van der Waals surface area (Å²) in [6.07, 6.45) is -16.2. The number of benzene rings is 2. The van der Waals surface area contributed by atoms with Gasteiger partial charge in [0.15, 0.2) is 18.1 Å². The molecule has 0 saturated carbocycles. The van der Waals surface area contributed by atoms with Crippen molar-refractivity contribution in [3.8, 4) is 0 Å². The third kappa shape index (κ3) is 34.8. The van der Waals surface area contributed by atoms with Crippen LogP contribution in [-0.2, 0) is 89.6 Å². The minimum Gasteiger partial charge on any atom is -0.480 e. The molecule has 14 atom stereocenters. The standard InChI is InChI=1S/C75H117F3N16O22/c1-17-39(6)52(91-58(100)45(27-22-28-84-69(82)83)87-59(101)46(29-37(2)3)88-62(104)51(80)55(97)38(4)5)64(106)92-53(40(7)95)63(105)85-34-50(96)90-54(56(98)57(81)99)66(108)94(71(113)116-74(14,15)16)49(36-114-68(111)75(76,77)78)61(103)86-43-26-21-25-42(30-43)31-47(67(109)110)89-60(102)48(33-73(11,12)13)93(65(107)44(79)32-72(8,9)10)70(112)115-35-41-23-19-18-20-24-41/h18-21,23-26,30,37-40,44-49,51-56,95,97-98H,17,22,27-29,31-36,79-80H2,1-16H3,(H2,81,99)(H,85,105)(H,86,103)(H,87,101)(H,88,104)(H,89,102)(H,90,96)(H,91,100)(H,92,106)(H,109,110)(H4,82,83,84)/t39-,40-,44+,45+,46-,47-,48-,49-,51-,52-,53-,54-,55+,56-/m0/s1. The first-order chi connectivity index (χ1) is 53.4. The highest BCUT2D eigenvalue weighted by atomic mass is 19.4. The molecule has 0 radical (unpaired) electrons. The van der Waals surface area contributed by atoms with Crippen LogP contribution in [0.1, 0.15) is 160 Å². The number of halogens is 3. The number of guanidine groups is 1. The molecule has 116 heavy (non-hydrogen) atoms. The number of aliphatic hydroxyl groups excluding tert-OH is 3. The van der Waals surface area contributed by atoms with E-state index in [0.717, 1.165) is 19.1 Å². The van der Waals surface area contributed by atoms with Crippen molar-refractivity contribution in [2.45, 2.75) is 253 Å². The van der Waals surface area contributed by atoms with Crippen LogP contribution in [0.2, 0.25) is 0 Å². The molecule has 13 amide bonds. The summed E-state index contributed by atoms with van der Waals surface area (Å²) in [4.78, 5) is 209. The Morgan fingerprint density at radius 3 is 1.66 bits per heavy atom. The average molecular weight is 1650 g/mol. The Morgan fingerprint density at radius 1 is 0.586 bits per heavy atom. The Bertz CT molecular complexity index is 3760. The number of amides is 13. The number of hydrogen-bond donors (Lipinski definition) is 18. The van der Waals surface area contributed by atoms with Crippen LogP contribution in [0.15, 0.2) is 54.6 Å². The molecule has 0 aliphatic heterocycles. The number of nitrogens with one attached hydrogen (secondary N) is 10. The van der Waals surface area contributed by atoms with Crippen molar-refractivity contribution in [1.82, 2.24) is 52.3 Å². The topological polar surface area (TPSA) is 607 Å². The van der Waals surface area contributed by atoms with Gasteiger partial charge in [-0.2, -0.15) is 13.2 Å². The van der Waals surface area contributed by atoms with E-state index in [1.54, 1.807) is 106 Å². The van der Waals surface area contributed by atoms with Crippen LogP contribution in [0.5, 0.6) is 0 Å². The smallest absolute Gasteiger partial charge is 0.480 e. The van der Waals surface area contributed by atoms with Crippen LogP contribution in [-0.4, -0.2) is 235 Å². The zero-order chi connectivity index (χ0) is 89.0. The van der Waals surface area contributed by atoms with Crippen molar-refractivity contribution in [2.24, 2.45) is 51.5 Å². The minimum atomic E-state index is -5.83. The first-order valence-electron chi connectivity index (χ1n) is 37.4. The number of alkyl halides is 3. The zero-order valence-corrected chi connectivity index (χ0v) is 68.2. The molecular weight excluding hydrogens is 1530 g/mol. The van der Waals surface area contributed by atoms with Crippen LogP contribution in [0.4, 0.5) is 28.4 Å². The van der Waals surface area contributed by atoms with Gasteiger partial charge >= 0.3 is 30.3 Å². The number of anilines is 1. The number of carboxylic acids is 1. The van der Waals surface area contributed by atoms with Crippen LogP contribution in [0, 0.1) is 34.0 Å². The van der Waals surface area contributed by atoms with E-state index in [0.29, 0.717) is 10.5 Å². The van der Waals surface area contributed by atoms with Crippen LogP contribution < -0.4 is 70.8 Å². The number of primary amides is 1. The summed E-state index contributed by atoms with van der Waals surface area (Å²) in [5, 5.41) is 71.7. The number of nitrogens with two attached hydrogens (primary N) is 4. The highest BCUT2D eigenvalue weighted by Gasteiger charge is 2.49. The Labute approximate surface area is 670 Å². The van der Waals surface area contributed by atoms with Crippen LogP contribution >= 0.6 is 0 Å². The summed E-state index contributed by atoms with van der Waals surface area (Å²) in [7, 11) is 0. The quantitative estimate of drug-likeness (QED) is 0.0139. The lowest BCUT2D eigenvalue weighted by atomic mass is 9.85. The zero-order valence-electron chi connectivity index (χ0n) is 68.2. The molecule has 38 nitrogen and oxygen atoms in total. The van der Waals surface area contributed by atoms with E-state index >= 15 is 0 Å². The molecule has 0 aliphatic rings. The Morgan fingerprint density at radius 2 is 1.14 bits per heavy atom. The number of carboxylic acid groups (broad SMARTS) is 1. The SMILES string of the molecule is CC[C@H](C)[C@H](NC(=O)[C@@H](CCCNC(=N)N)NC(=O)[C@H](CC(C)C)NC(=O)[C@@H](N)[C@H](O)C(C)C)C(=O)N[C@H](C(=O)NCC(=O)N[C@H](C(=O)N(C(=O)OC(C)(C)C)[C@@H](COC(=O)C(F)(F)F)C(=O)Nc1cccc(C[C@H](NC(=O)[C@H](CC(C)(C)C)N(C(=O)OCc2ccccc2)C(=O)[C@H](N)CC(C)(C)C)C(=O)O)c1)[C@H](O)C(N)=O)[C@H](C)O. The number of carbonyl (C=O) groups is 15. The van der Waals surface area contributed by atoms with Crippen molar-refractivity contribution in [1.29, 1.82) is 5.41 Å². The van der Waals surface area contributed by atoms with Crippen LogP contribution in [0.3, 0.4) is 0 Å². The van der Waals surface area contributed by atoms with E-state index in [1.165, 1.54) is 39.8 Å². The second-order valence-corrected chi connectivity index (χ2v) is 32.2. The molecule has 650 valence electrons. The number of hydrogen-bond acceptors (Lipinski definition) is 24. The Kier molecular flexibility index (Phi) is 39.9. The second kappa shape index (κ2) is 45.6. The highest BCUT2D eigenvalue weighted by Crippen LogP contribution is 2.29. The number of aliphatic hydroxyl groups is 3. The maximum absolute atomic E-state index is 15.0. The van der Waals surface area contributed by atoms with Crippen molar-refractivity contribution < 1.29 is 120 Å². The van der Waals surface area contributed by atoms with Gasteiger partial charge in [-0.15, -0.1) is 0 Å². The molecule has 2 aromatic rings. The average Bonchev–Trinajstić information content (AvgIpc) is 0.801. The number of nitrogens with zero attached hydrogens (tertiary/aromatic N) is 2. The fraction of sp³-hybridized carbons (Fsp3) is 0.627. The van der Waals surface area contributed by atoms with Gasteiger partial charge in [-0.25, -0.2) is 29.0 Å². The van der Waals surface area contributed by atoms with E-state index in [-0.39, 0.29) is 68.1 Å². The molecule has 22 N–H and O–H groups in total. The predicted molar refractivity (Wildman–Crippen MR) is 412 cm³/mol. The molecule has 0 spiro atoms. The molecular formula is C75H117F3N16O22. The minimum absolute atomic E-state index is 0.00511. The molecule has 0 fully saturated rings. The molecule has 41 heteroatoms. The van der Waals surface area contributed by atoms with Crippen molar-refractivity contribution in [3.63, 3.8) is 0 Å². The molecule has 2 aromatic carbocycles. The van der Waals surface area contributed by atoms with Gasteiger partial charge in [0.25, 0.3) is 11.8 Å². The summed E-state index contributed by atoms with van der Waals surface area (Å²) in [6.45, 7) is 21.1. The maximum atomic E-state index is 15.0. The molecule has 0 aromatic heterocycles. The van der Waals surface area contributed by atoms with Gasteiger partial charge in [-0.3, -0.25) is 58.1 Å². The van der Waals surface area contributed by atoms with E-state index in [2.05, 4.69) is 42.0 Å². The number of ether oxygens (including phenoxy) is 3. The van der Waals surface area contributed by atoms with Crippen molar-refractivity contribution in [3.05, 3.63) is 65.7 Å². The summed E-state index contributed by atoms with van der Waals surface area (Å²) in [5.41, 5.74) is 20.0. The predicted octanol–water partition coefficient (Wildman–Crippen LogP) is 0.175. The van der Waals surface area contributed by atoms with Gasteiger partial charge in [0.05, 0.1) is 24.8 Å². The normalized spacial score (nSPS) is 15.4. The first kappa shape index (κ1) is 101. The largest absolute Gasteiger partial charge is 0.490 e. The van der Waals surface area contributed by atoms with Gasteiger partial charge in [-0.05, 0) is 112 Å². The Balaban J connectivity index is 2.70. The summed E-state index contributed by atoms with van der Waals surface area (Å²) in [6, 6.07) is -5.98. The molecule has 0 unspecified atom stereocenters. The number of esters is 1. The van der Waals surface area contributed by atoms with Gasteiger partial charge < -0.3 is 105 Å². The van der Waals surface area contributed by atoms with Gasteiger partial charge in [0.1, 0.15) is 67.1 Å². The third-order valence-corrected chi connectivity index (χ3v) is 17.3. The molecule has 0 aliphatic carbocycles. The Hall–Kier alpha value is -10.7. The summed E-state index contributed by atoms with van der Waals surface area (Å²) >= 11 is 0. The summed E-state index contributed by atoms with van der Waals surface area (Å²) < 4.78 is 56.9. The lowest BCUT2D eigenvalue weighted by Crippen LogP contribution is -2.64. The van der Waals surface area contributed by atoms with E-state index in [4.69, 9.17) is 37.8 Å². The van der Waals surface area contributed by atoms with Crippen LogP contribution in [0.25, 0.3) is 0 Å². The monoisotopic (exact) mass is 1650 g/mol. The number of aliphatic carboxylic acids is 1. The van der Waals surface area contributed by atoms with E-state index < -0.39 is 233 Å². The lowest BCUT2D eigenvalue weighted by Gasteiger charge is -2.35. The first-order valence-corrected chi connectivity index (χ1v) is 37.4. The van der Waals surface area contributed by atoms with Crippen molar-refractivity contribution in [2.75, 3.05) is 25.0 Å². The van der Waals surface area contributed by atoms with Gasteiger partial charge in [-0.1, -0.05) is 132 Å². The number of carbonyl (C=O) groups excluding carboxylic acids is 14. The molecule has 0 heterocycles. The fourth-order valence-corrected chi connectivity index (χ4v) is 11.2. The van der Waals surface area contributed by atoms with Gasteiger partial charge in [0.2, 0.25) is 53.2 Å². The fourth-order valence-electron chi connectivity index (χ4n) is 11.2. The maximum Gasteiger partial charge on any atom is 0.490 e. The van der Waals surface area contributed by atoms with E-state index in [9.17, 15) is 106 Å². The van der Waals surface area contributed by atoms with Crippen molar-refractivity contribution >= 4 is 101 Å². The summed E-state index contributed by atoms with van der Waals surface area (Å²) in [5.74, 6) is -21.4. The number of imide groups is 2. The van der Waals surface area contributed by atoms with Gasteiger partial charge in [0, 0.05) is 18.7 Å². The second-order valence-electron chi connectivity index (χ2n) is 32.2. The molecule has 0 bridgehead atoms. The molecule has 2 rings (SSSR count). The highest BCUT2D eigenvalue weighted by molar-refractivity contribution is 6.07. The lowest BCUT2D eigenvalue weighted by molar-refractivity contribution is -0.201.